The molecule has 28 heavy (non-hydrogen) atoms. The molecule has 1 saturated heterocycles. The van der Waals surface area contributed by atoms with Gasteiger partial charge in [0.1, 0.15) is 12.2 Å². The summed E-state index contributed by atoms with van der Waals surface area (Å²) in [5, 5.41) is 11.7. The molecule has 0 spiro atoms. The monoisotopic (exact) mass is 392 g/mol. The summed E-state index contributed by atoms with van der Waals surface area (Å²) in [6, 6.07) is 0. The van der Waals surface area contributed by atoms with E-state index in [9.17, 15) is 19.5 Å². The van der Waals surface area contributed by atoms with Gasteiger partial charge in [-0.2, -0.15) is 0 Å². The van der Waals surface area contributed by atoms with Crippen molar-refractivity contribution < 1.29 is 38.1 Å². The van der Waals surface area contributed by atoms with E-state index in [2.05, 4.69) is 0 Å². The molecule has 0 unspecified atom stereocenters. The van der Waals surface area contributed by atoms with Crippen molar-refractivity contribution in [2.45, 2.75) is 71.1 Å². The lowest BCUT2D eigenvalue weighted by molar-refractivity contribution is -0.212. The topological polar surface area (TPSA) is 116 Å². The van der Waals surface area contributed by atoms with E-state index in [4.69, 9.17) is 18.6 Å². The zero-order chi connectivity index (χ0) is 20.6. The van der Waals surface area contributed by atoms with Crippen LogP contribution >= 0.6 is 0 Å². The number of aliphatic hydroxyl groups is 1. The number of rotatable bonds is 3. The Bertz CT molecular complexity index is 870. The number of carbonyl (C=O) groups is 3. The van der Waals surface area contributed by atoms with E-state index in [0.29, 0.717) is 11.1 Å². The van der Waals surface area contributed by atoms with Crippen molar-refractivity contribution in [1.29, 1.82) is 0 Å². The molecular weight excluding hydrogens is 368 g/mol. The zero-order valence-electron chi connectivity index (χ0n) is 16.5. The van der Waals surface area contributed by atoms with E-state index in [1.807, 2.05) is 0 Å². The highest BCUT2D eigenvalue weighted by molar-refractivity contribution is 6.05. The fourth-order valence-corrected chi connectivity index (χ4v) is 4.64. The molecule has 2 fully saturated rings. The first-order valence-electron chi connectivity index (χ1n) is 9.40. The predicted octanol–water partition coefficient (Wildman–Crippen LogP) is 1.86. The van der Waals surface area contributed by atoms with Crippen molar-refractivity contribution in [1.82, 2.24) is 0 Å². The Hall–Kier alpha value is -2.19. The van der Waals surface area contributed by atoms with Crippen molar-refractivity contribution in [3.8, 4) is 0 Å². The van der Waals surface area contributed by atoms with Gasteiger partial charge in [0.25, 0.3) is 0 Å². The van der Waals surface area contributed by atoms with Crippen LogP contribution in [-0.4, -0.2) is 46.7 Å². The number of hydrogen-bond acceptors (Lipinski definition) is 8. The second-order valence-corrected chi connectivity index (χ2v) is 8.52. The van der Waals surface area contributed by atoms with E-state index in [-0.39, 0.29) is 18.3 Å². The minimum absolute atomic E-state index is 0.0738. The quantitative estimate of drug-likeness (QED) is 0.612. The van der Waals surface area contributed by atoms with Gasteiger partial charge in [-0.25, -0.2) is 0 Å². The van der Waals surface area contributed by atoms with Gasteiger partial charge in [0.05, 0.1) is 23.7 Å². The van der Waals surface area contributed by atoms with Crippen LogP contribution in [0.3, 0.4) is 0 Å². The zero-order valence-corrected chi connectivity index (χ0v) is 16.5. The number of esters is 2. The molecule has 1 saturated carbocycles. The highest BCUT2D eigenvalue weighted by atomic mass is 16.6. The minimum atomic E-state index is -2.14. The standard InChI is InChI=1S/C20H24O8/c1-8(2)18(23)28-16-12-9(3)7-25-14(12)15(22)20(24)17(26-10(4)21)13-11(27-13)6-19(16,20)5/h7-8,11,13,16-17,24H,6H2,1-5H3/t11-,13-,16+,17-,19-,20+/m0/s1. The van der Waals surface area contributed by atoms with Crippen LogP contribution in [0.2, 0.25) is 0 Å². The second kappa shape index (κ2) is 5.90. The summed E-state index contributed by atoms with van der Waals surface area (Å²) in [6.07, 6.45) is -1.35. The van der Waals surface area contributed by atoms with Crippen molar-refractivity contribution in [2.75, 3.05) is 0 Å². The third kappa shape index (κ3) is 2.34. The molecule has 2 aliphatic carbocycles. The van der Waals surface area contributed by atoms with Gasteiger partial charge in [-0.1, -0.05) is 20.8 Å². The van der Waals surface area contributed by atoms with Crippen LogP contribution in [0.5, 0.6) is 0 Å². The van der Waals surface area contributed by atoms with Crippen LogP contribution in [0, 0.1) is 18.3 Å². The molecule has 0 bridgehead atoms. The number of fused-ring (bicyclic) bond motifs is 3. The Morgan fingerprint density at radius 2 is 2.00 bits per heavy atom. The molecule has 0 aromatic carbocycles. The number of ketones is 1. The van der Waals surface area contributed by atoms with Crippen LogP contribution in [-0.2, 0) is 23.8 Å². The first-order valence-corrected chi connectivity index (χ1v) is 9.40. The lowest BCUT2D eigenvalue weighted by atomic mass is 9.54. The predicted molar refractivity (Wildman–Crippen MR) is 93.3 cm³/mol. The second-order valence-electron chi connectivity index (χ2n) is 8.52. The molecule has 3 aliphatic rings. The van der Waals surface area contributed by atoms with Gasteiger partial charge in [0, 0.05) is 12.5 Å². The molecule has 1 aromatic rings. The summed E-state index contributed by atoms with van der Waals surface area (Å²) in [6.45, 7) is 8.04. The van der Waals surface area contributed by atoms with Crippen LogP contribution in [0.4, 0.5) is 0 Å². The molecule has 0 amide bonds. The molecule has 152 valence electrons. The number of furan rings is 1. The minimum Gasteiger partial charge on any atom is -0.460 e. The molecule has 0 radical (unpaired) electrons. The normalized spacial score (nSPS) is 38.3. The maximum absolute atomic E-state index is 13.4. The summed E-state index contributed by atoms with van der Waals surface area (Å²) < 4.78 is 22.2. The Morgan fingerprint density at radius 1 is 1.32 bits per heavy atom. The maximum Gasteiger partial charge on any atom is 0.309 e. The third-order valence-corrected chi connectivity index (χ3v) is 6.24. The molecular formula is C20H24O8. The Kier molecular flexibility index (Phi) is 4.04. The fraction of sp³-hybridized carbons (Fsp3) is 0.650. The number of Topliss-reactive ketones (excluding diaryl/α,β-unsaturated/α-hetero) is 1. The van der Waals surface area contributed by atoms with Crippen molar-refractivity contribution in [3.05, 3.63) is 23.2 Å². The Balaban J connectivity index is 1.90. The molecule has 1 N–H and O–H groups in total. The summed E-state index contributed by atoms with van der Waals surface area (Å²) in [5.41, 5.74) is -2.30. The maximum atomic E-state index is 13.4. The number of ether oxygens (including phenoxy) is 3. The lowest BCUT2D eigenvalue weighted by Gasteiger charge is -2.54. The van der Waals surface area contributed by atoms with Crippen molar-refractivity contribution >= 4 is 17.7 Å². The molecule has 6 atom stereocenters. The number of epoxide rings is 1. The fourth-order valence-electron chi connectivity index (χ4n) is 4.64. The van der Waals surface area contributed by atoms with Crippen LogP contribution in [0.15, 0.2) is 10.7 Å². The average molecular weight is 392 g/mol. The van der Waals surface area contributed by atoms with Gasteiger partial charge in [-0.15, -0.1) is 0 Å². The van der Waals surface area contributed by atoms with Gasteiger partial charge >= 0.3 is 11.9 Å². The number of carbonyl (C=O) groups excluding carboxylic acids is 3. The molecule has 8 heteroatoms. The average Bonchev–Trinajstić information content (AvgIpc) is 3.26. The highest BCUT2D eigenvalue weighted by Crippen LogP contribution is 2.63. The number of aryl methyl sites for hydroxylation is 1. The summed E-state index contributed by atoms with van der Waals surface area (Å²) in [5.74, 6) is -2.26. The number of hydrogen-bond donors (Lipinski definition) is 1. The van der Waals surface area contributed by atoms with E-state index in [1.54, 1.807) is 27.7 Å². The first kappa shape index (κ1) is 19.1. The summed E-state index contributed by atoms with van der Waals surface area (Å²) >= 11 is 0. The molecule has 4 rings (SSSR count). The molecule has 2 heterocycles. The van der Waals surface area contributed by atoms with E-state index < -0.39 is 53.0 Å². The molecule has 1 aliphatic heterocycles. The van der Waals surface area contributed by atoms with Crippen molar-refractivity contribution in [2.24, 2.45) is 11.3 Å². The molecule has 1 aromatic heterocycles. The van der Waals surface area contributed by atoms with E-state index in [1.165, 1.54) is 13.2 Å². The van der Waals surface area contributed by atoms with Crippen molar-refractivity contribution in [3.63, 3.8) is 0 Å². The smallest absolute Gasteiger partial charge is 0.309 e. The lowest BCUT2D eigenvalue weighted by Crippen LogP contribution is -2.70. The Morgan fingerprint density at radius 3 is 2.61 bits per heavy atom. The highest BCUT2D eigenvalue weighted by Gasteiger charge is 2.77. The van der Waals surface area contributed by atoms with Crippen LogP contribution < -0.4 is 0 Å². The van der Waals surface area contributed by atoms with Gasteiger partial charge in [0.15, 0.2) is 17.5 Å². The molecule has 8 nitrogen and oxygen atoms in total. The van der Waals surface area contributed by atoms with Gasteiger partial charge in [-0.05, 0) is 18.9 Å². The van der Waals surface area contributed by atoms with Gasteiger partial charge in [0.2, 0.25) is 5.78 Å². The first-order chi connectivity index (χ1) is 13.0. The summed E-state index contributed by atoms with van der Waals surface area (Å²) in [4.78, 5) is 37.5. The third-order valence-electron chi connectivity index (χ3n) is 6.24. The Labute approximate surface area is 162 Å². The van der Waals surface area contributed by atoms with E-state index in [0.717, 1.165) is 0 Å². The summed E-state index contributed by atoms with van der Waals surface area (Å²) in [7, 11) is 0. The van der Waals surface area contributed by atoms with Gasteiger partial charge in [-0.3, -0.25) is 14.4 Å². The van der Waals surface area contributed by atoms with Crippen LogP contribution in [0.1, 0.15) is 61.9 Å². The van der Waals surface area contributed by atoms with Crippen LogP contribution in [0.25, 0.3) is 0 Å². The van der Waals surface area contributed by atoms with E-state index >= 15 is 0 Å². The largest absolute Gasteiger partial charge is 0.460 e. The van der Waals surface area contributed by atoms with Gasteiger partial charge < -0.3 is 23.7 Å². The SMILES string of the molecule is CC(=O)O[C@H]1[C@H]2O[C@H]2C[C@@]2(C)[C@H](OC(=O)C(C)C)c3c(C)coc3C(=O)[C@@]12O.